The number of nitrogens with one attached hydrogen (secondary N) is 1. The number of aryl methyl sites for hydroxylation is 1. The number of rotatable bonds is 8. The van der Waals surface area contributed by atoms with Crippen LogP contribution in [-0.2, 0) is 25.6 Å². The molecule has 128 valence electrons. The number of carbonyl (C=O) groups is 3. The van der Waals surface area contributed by atoms with Gasteiger partial charge in [0, 0.05) is 17.9 Å². The molecule has 1 N–H and O–H groups in total. The second-order valence-electron chi connectivity index (χ2n) is 5.10. The molecule has 0 saturated carbocycles. The number of carbonyl (C=O) groups excluding carboxylic acids is 3. The molecule has 0 bridgehead atoms. The highest BCUT2D eigenvalue weighted by molar-refractivity contribution is 5.91. The van der Waals surface area contributed by atoms with Crippen molar-refractivity contribution in [1.29, 1.82) is 0 Å². The Labute approximate surface area is 135 Å². The van der Waals surface area contributed by atoms with Gasteiger partial charge in [-0.25, -0.2) is 4.79 Å². The Kier molecular flexibility index (Phi) is 7.31. The molecule has 0 atom stereocenters. The van der Waals surface area contributed by atoms with Crippen LogP contribution >= 0.6 is 0 Å². The molecule has 0 spiro atoms. The summed E-state index contributed by atoms with van der Waals surface area (Å²) < 4.78 is 11.6. The van der Waals surface area contributed by atoms with Crippen LogP contribution in [0.3, 0.4) is 0 Å². The van der Waals surface area contributed by atoms with Gasteiger partial charge in [0.25, 0.3) is 5.91 Å². The lowest BCUT2D eigenvalue weighted by Crippen LogP contribution is -2.30. The van der Waals surface area contributed by atoms with Crippen LogP contribution in [0, 0.1) is 13.8 Å². The first-order chi connectivity index (χ1) is 10.9. The second-order valence-corrected chi connectivity index (χ2v) is 5.10. The van der Waals surface area contributed by atoms with E-state index in [9.17, 15) is 14.4 Å². The lowest BCUT2D eigenvalue weighted by atomic mass is 10.2. The summed E-state index contributed by atoms with van der Waals surface area (Å²) in [4.78, 5) is 35.1. The van der Waals surface area contributed by atoms with Gasteiger partial charge in [0.15, 0.2) is 6.61 Å². The Hall–Kier alpha value is -2.31. The normalized spacial score (nSPS) is 10.3. The maximum Gasteiger partial charge on any atom is 0.339 e. The fraction of sp³-hybridized carbons (Fsp3) is 0.562. The molecular formula is C16H24N2O5. The van der Waals surface area contributed by atoms with Crippen LogP contribution in [0.15, 0.2) is 6.07 Å². The van der Waals surface area contributed by atoms with Gasteiger partial charge in [-0.1, -0.05) is 6.92 Å². The summed E-state index contributed by atoms with van der Waals surface area (Å²) in [5.74, 6) is -1.28. The van der Waals surface area contributed by atoms with E-state index in [4.69, 9.17) is 9.47 Å². The number of amides is 1. The van der Waals surface area contributed by atoms with Crippen LogP contribution < -0.4 is 5.32 Å². The minimum absolute atomic E-state index is 0.0574. The Morgan fingerprint density at radius 1 is 1.17 bits per heavy atom. The van der Waals surface area contributed by atoms with Crippen LogP contribution in [0.4, 0.5) is 0 Å². The van der Waals surface area contributed by atoms with Crippen molar-refractivity contribution in [3.63, 3.8) is 0 Å². The molecule has 23 heavy (non-hydrogen) atoms. The molecule has 0 saturated heterocycles. The van der Waals surface area contributed by atoms with Crippen LogP contribution in [0.1, 0.15) is 42.0 Å². The zero-order valence-corrected chi connectivity index (χ0v) is 14.1. The van der Waals surface area contributed by atoms with Crippen LogP contribution in [0.2, 0.25) is 0 Å². The average Bonchev–Trinajstić information content (AvgIpc) is 2.79. The molecule has 0 unspecified atom stereocenters. The van der Waals surface area contributed by atoms with E-state index >= 15 is 0 Å². The zero-order valence-electron chi connectivity index (χ0n) is 14.1. The third kappa shape index (κ3) is 5.43. The van der Waals surface area contributed by atoms with E-state index in [1.165, 1.54) is 0 Å². The fourth-order valence-corrected chi connectivity index (χ4v) is 2.10. The maximum absolute atomic E-state index is 11.9. The number of nitrogens with zero attached hydrogens (tertiary/aromatic N) is 1. The summed E-state index contributed by atoms with van der Waals surface area (Å²) in [7, 11) is 0. The first-order valence-electron chi connectivity index (χ1n) is 7.66. The molecule has 1 rings (SSSR count). The molecule has 0 radical (unpaired) electrons. The number of hydrogen-bond acceptors (Lipinski definition) is 5. The third-order valence-electron chi connectivity index (χ3n) is 3.29. The summed E-state index contributed by atoms with van der Waals surface area (Å²) in [5, 5.41) is 2.62. The van der Waals surface area contributed by atoms with Gasteiger partial charge in [-0.05, 0) is 33.3 Å². The number of aromatic nitrogens is 1. The first kappa shape index (κ1) is 18.7. The maximum atomic E-state index is 11.9. The highest BCUT2D eigenvalue weighted by Crippen LogP contribution is 2.16. The quantitative estimate of drug-likeness (QED) is 0.730. The molecule has 0 aromatic carbocycles. The van der Waals surface area contributed by atoms with Crippen LogP contribution in [0.25, 0.3) is 0 Å². The molecular weight excluding hydrogens is 300 g/mol. The third-order valence-corrected chi connectivity index (χ3v) is 3.29. The fourth-order valence-electron chi connectivity index (χ4n) is 2.10. The molecule has 0 aliphatic carbocycles. The molecule has 7 nitrogen and oxygen atoms in total. The predicted octanol–water partition coefficient (Wildman–Crippen LogP) is 1.35. The molecule has 1 aromatic rings. The minimum atomic E-state index is -0.533. The largest absolute Gasteiger partial charge is 0.462 e. The number of esters is 2. The van der Waals surface area contributed by atoms with E-state index in [1.807, 2.05) is 6.92 Å². The smallest absolute Gasteiger partial charge is 0.339 e. The van der Waals surface area contributed by atoms with Crippen molar-refractivity contribution in [3.05, 3.63) is 23.0 Å². The van der Waals surface area contributed by atoms with Crippen molar-refractivity contribution in [2.24, 2.45) is 0 Å². The van der Waals surface area contributed by atoms with Crippen molar-refractivity contribution >= 4 is 17.8 Å². The van der Waals surface area contributed by atoms with Gasteiger partial charge in [0.1, 0.15) is 6.54 Å². The Bertz CT molecular complexity index is 577. The van der Waals surface area contributed by atoms with E-state index in [1.54, 1.807) is 31.4 Å². The van der Waals surface area contributed by atoms with Gasteiger partial charge in [0.2, 0.25) is 0 Å². The van der Waals surface area contributed by atoms with Crippen molar-refractivity contribution in [3.8, 4) is 0 Å². The molecule has 1 aromatic heterocycles. The van der Waals surface area contributed by atoms with Crippen LogP contribution in [-0.4, -0.2) is 42.2 Å². The summed E-state index contributed by atoms with van der Waals surface area (Å²) in [6.07, 6.45) is 0.818. The van der Waals surface area contributed by atoms with Crippen LogP contribution in [0.5, 0.6) is 0 Å². The van der Waals surface area contributed by atoms with E-state index < -0.39 is 11.9 Å². The van der Waals surface area contributed by atoms with E-state index in [0.717, 1.165) is 12.1 Å². The van der Waals surface area contributed by atoms with Crippen molar-refractivity contribution in [1.82, 2.24) is 9.88 Å². The van der Waals surface area contributed by atoms with Gasteiger partial charge < -0.3 is 19.4 Å². The van der Waals surface area contributed by atoms with Gasteiger partial charge in [-0.15, -0.1) is 0 Å². The molecule has 0 fully saturated rings. The predicted molar refractivity (Wildman–Crippen MR) is 84.1 cm³/mol. The summed E-state index contributed by atoms with van der Waals surface area (Å²) >= 11 is 0. The Morgan fingerprint density at radius 2 is 1.87 bits per heavy atom. The number of hydrogen-bond donors (Lipinski definition) is 1. The summed E-state index contributed by atoms with van der Waals surface area (Å²) in [5.41, 5.74) is 1.81. The van der Waals surface area contributed by atoms with Crippen molar-refractivity contribution < 1.29 is 23.9 Å². The molecule has 0 aliphatic rings. The molecule has 1 heterocycles. The Morgan fingerprint density at radius 3 is 2.48 bits per heavy atom. The van der Waals surface area contributed by atoms with E-state index in [-0.39, 0.29) is 25.7 Å². The van der Waals surface area contributed by atoms with Crippen molar-refractivity contribution in [2.45, 2.75) is 40.7 Å². The van der Waals surface area contributed by atoms with E-state index in [2.05, 4.69) is 5.32 Å². The van der Waals surface area contributed by atoms with Crippen molar-refractivity contribution in [2.75, 3.05) is 19.8 Å². The molecule has 0 aliphatic heterocycles. The average molecular weight is 324 g/mol. The van der Waals surface area contributed by atoms with E-state index in [0.29, 0.717) is 17.8 Å². The van der Waals surface area contributed by atoms with Gasteiger partial charge in [0.05, 0.1) is 12.2 Å². The topological polar surface area (TPSA) is 86.6 Å². The lowest BCUT2D eigenvalue weighted by Gasteiger charge is -2.10. The molecule has 7 heteroatoms. The first-order valence-corrected chi connectivity index (χ1v) is 7.66. The number of ether oxygens (including phenoxy) is 2. The summed E-state index contributed by atoms with van der Waals surface area (Å²) in [6, 6.07) is 1.68. The highest BCUT2D eigenvalue weighted by atomic mass is 16.5. The minimum Gasteiger partial charge on any atom is -0.462 e. The summed E-state index contributed by atoms with van der Waals surface area (Å²) in [6.45, 7) is 7.67. The standard InChI is InChI=1S/C16H24N2O5/c1-5-7-17-14(19)10-23-15(20)9-18-11(3)8-13(12(18)4)16(21)22-6-2/h8H,5-7,9-10H2,1-4H3,(H,17,19). The van der Waals surface area contributed by atoms with Gasteiger partial charge in [-0.3, -0.25) is 9.59 Å². The molecule has 1 amide bonds. The SMILES string of the molecule is CCCNC(=O)COC(=O)Cn1c(C)cc(C(=O)OCC)c1C. The van der Waals surface area contributed by atoms with Gasteiger partial charge >= 0.3 is 11.9 Å². The monoisotopic (exact) mass is 324 g/mol. The lowest BCUT2D eigenvalue weighted by molar-refractivity contribution is -0.149. The second kappa shape index (κ2) is 8.97. The zero-order chi connectivity index (χ0) is 17.4. The highest BCUT2D eigenvalue weighted by Gasteiger charge is 2.18. The van der Waals surface area contributed by atoms with Gasteiger partial charge in [-0.2, -0.15) is 0 Å². The Balaban J connectivity index is 2.65.